The Kier molecular flexibility index (Phi) is 5.68. The predicted octanol–water partition coefficient (Wildman–Crippen LogP) is 5.45. The van der Waals surface area contributed by atoms with Gasteiger partial charge >= 0.3 is 0 Å². The number of nitro benzene ring substituents is 1. The molecule has 2 heterocycles. The average Bonchev–Trinajstić information content (AvgIpc) is 3.18. The first-order valence-corrected chi connectivity index (χ1v) is 10.8. The fraction of sp³-hybridized carbons (Fsp3) is 0.0400. The van der Waals surface area contributed by atoms with Crippen LogP contribution in [0.1, 0.15) is 5.56 Å². The molecule has 1 aliphatic rings. The second-order valence-corrected chi connectivity index (χ2v) is 8.01. The number of halogens is 1. The van der Waals surface area contributed by atoms with Gasteiger partial charge in [-0.15, -0.1) is 0 Å². The van der Waals surface area contributed by atoms with Crippen molar-refractivity contribution in [3.05, 3.63) is 93.5 Å². The number of nitrogens with zero attached hydrogens (tertiary/aromatic N) is 4. The number of non-ortho nitro benzene ring substituents is 1. The third-order valence-corrected chi connectivity index (χ3v) is 5.62. The molecule has 1 amide bonds. The SMILES string of the molecule is COc1ccc(-c2cc(-c3ccc([N+](=O)[O-])cc3)nc(/N=C3/C(=O)Nc4ccc(Cl)cc43)n2)cc1. The van der Waals surface area contributed by atoms with Gasteiger partial charge in [-0.05, 0) is 60.7 Å². The quantitative estimate of drug-likeness (QED) is 0.296. The van der Waals surface area contributed by atoms with Crippen LogP contribution in [-0.4, -0.2) is 33.6 Å². The molecule has 10 heteroatoms. The number of methoxy groups -OCH3 is 1. The largest absolute Gasteiger partial charge is 0.497 e. The van der Waals surface area contributed by atoms with E-state index in [2.05, 4.69) is 20.3 Å². The van der Waals surface area contributed by atoms with Crippen molar-refractivity contribution >= 4 is 40.5 Å². The van der Waals surface area contributed by atoms with Gasteiger partial charge in [0.25, 0.3) is 17.5 Å². The third-order valence-electron chi connectivity index (χ3n) is 5.39. The van der Waals surface area contributed by atoms with E-state index in [-0.39, 0.29) is 17.3 Å². The first-order valence-electron chi connectivity index (χ1n) is 10.4. The number of amides is 1. The number of anilines is 1. The minimum absolute atomic E-state index is 0.0326. The zero-order chi connectivity index (χ0) is 24.5. The van der Waals surface area contributed by atoms with Gasteiger partial charge in [0.15, 0.2) is 0 Å². The summed E-state index contributed by atoms with van der Waals surface area (Å²) in [7, 11) is 1.58. The highest BCUT2D eigenvalue weighted by atomic mass is 35.5. The third kappa shape index (κ3) is 4.44. The number of aliphatic imine (C=N–C) groups is 1. The van der Waals surface area contributed by atoms with Gasteiger partial charge in [-0.3, -0.25) is 14.9 Å². The number of rotatable bonds is 5. The molecule has 4 aromatic rings. The normalized spacial score (nSPS) is 13.4. The summed E-state index contributed by atoms with van der Waals surface area (Å²) < 4.78 is 5.23. The van der Waals surface area contributed by atoms with Crippen LogP contribution in [0.5, 0.6) is 5.75 Å². The molecule has 172 valence electrons. The van der Waals surface area contributed by atoms with E-state index in [9.17, 15) is 14.9 Å². The Morgan fingerprint density at radius 3 is 2.17 bits per heavy atom. The first-order chi connectivity index (χ1) is 16.9. The zero-order valence-corrected chi connectivity index (χ0v) is 19.0. The summed E-state index contributed by atoms with van der Waals surface area (Å²) in [6, 6.07) is 20.1. The van der Waals surface area contributed by atoms with Crippen LogP contribution in [0.2, 0.25) is 5.02 Å². The van der Waals surface area contributed by atoms with Crippen molar-refractivity contribution in [2.45, 2.75) is 0 Å². The molecule has 3 aromatic carbocycles. The number of carbonyl (C=O) groups excluding carboxylic acids is 1. The number of ether oxygens (including phenoxy) is 1. The maximum atomic E-state index is 12.6. The summed E-state index contributed by atoms with van der Waals surface area (Å²) in [4.78, 5) is 36.7. The first kappa shape index (κ1) is 22.2. The summed E-state index contributed by atoms with van der Waals surface area (Å²) in [6.45, 7) is 0. The number of carbonyl (C=O) groups is 1. The molecule has 9 nitrogen and oxygen atoms in total. The van der Waals surface area contributed by atoms with Gasteiger partial charge in [0, 0.05) is 33.8 Å². The van der Waals surface area contributed by atoms with Crippen LogP contribution in [0.25, 0.3) is 22.5 Å². The highest BCUT2D eigenvalue weighted by Crippen LogP contribution is 2.31. The molecule has 1 aromatic heterocycles. The monoisotopic (exact) mass is 485 g/mol. The summed E-state index contributed by atoms with van der Waals surface area (Å²) in [5, 5.41) is 14.3. The highest BCUT2D eigenvalue weighted by Gasteiger charge is 2.27. The maximum absolute atomic E-state index is 12.6. The molecule has 0 unspecified atom stereocenters. The Morgan fingerprint density at radius 1 is 0.943 bits per heavy atom. The van der Waals surface area contributed by atoms with Gasteiger partial charge in [0.2, 0.25) is 0 Å². The lowest BCUT2D eigenvalue weighted by Gasteiger charge is -2.08. The second kappa shape index (κ2) is 8.96. The van der Waals surface area contributed by atoms with Gasteiger partial charge in [-0.25, -0.2) is 15.0 Å². The molecule has 0 atom stereocenters. The van der Waals surface area contributed by atoms with Gasteiger partial charge < -0.3 is 10.1 Å². The molecule has 0 bridgehead atoms. The molecule has 0 fully saturated rings. The minimum atomic E-state index is -0.467. The number of hydrogen-bond donors (Lipinski definition) is 1. The lowest BCUT2D eigenvalue weighted by molar-refractivity contribution is -0.384. The van der Waals surface area contributed by atoms with Crippen LogP contribution in [0.15, 0.2) is 77.8 Å². The molecule has 1 aliphatic heterocycles. The Labute approximate surface area is 204 Å². The molecular weight excluding hydrogens is 470 g/mol. The van der Waals surface area contributed by atoms with Crippen LogP contribution in [-0.2, 0) is 4.79 Å². The van der Waals surface area contributed by atoms with E-state index >= 15 is 0 Å². The van der Waals surface area contributed by atoms with Crippen LogP contribution in [0.4, 0.5) is 17.3 Å². The zero-order valence-electron chi connectivity index (χ0n) is 18.2. The van der Waals surface area contributed by atoms with E-state index in [1.807, 2.05) is 12.1 Å². The van der Waals surface area contributed by atoms with Crippen molar-refractivity contribution in [2.24, 2.45) is 4.99 Å². The Balaban J connectivity index is 1.65. The standard InChI is InChI=1S/C25H16ClN5O4/c1-35-18-9-4-15(5-10-18)22-13-21(14-2-7-17(8-3-14)31(33)34)28-25(29-22)30-23-19-12-16(26)6-11-20(19)27-24(23)32/h2-13H,1H3,(H,27,28,29,30,32). The van der Waals surface area contributed by atoms with Crippen molar-refractivity contribution in [1.29, 1.82) is 0 Å². The number of nitrogens with one attached hydrogen (secondary N) is 1. The van der Waals surface area contributed by atoms with Crippen molar-refractivity contribution in [2.75, 3.05) is 12.4 Å². The van der Waals surface area contributed by atoms with Gasteiger partial charge in [0.1, 0.15) is 11.5 Å². The fourth-order valence-electron chi connectivity index (χ4n) is 3.63. The molecule has 0 spiro atoms. The van der Waals surface area contributed by atoms with E-state index in [1.165, 1.54) is 12.1 Å². The molecular formula is C25H16ClN5O4. The number of benzene rings is 3. The second-order valence-electron chi connectivity index (χ2n) is 7.58. The van der Waals surface area contributed by atoms with Crippen LogP contribution in [0, 0.1) is 10.1 Å². The Hall–Kier alpha value is -4.63. The smallest absolute Gasteiger partial charge is 0.275 e. The topological polar surface area (TPSA) is 120 Å². The lowest BCUT2D eigenvalue weighted by atomic mass is 10.1. The number of nitro groups is 1. The van der Waals surface area contributed by atoms with Crippen molar-refractivity contribution in [1.82, 2.24) is 9.97 Å². The molecule has 35 heavy (non-hydrogen) atoms. The van der Waals surface area contributed by atoms with Crippen LogP contribution in [0.3, 0.4) is 0 Å². The van der Waals surface area contributed by atoms with Gasteiger partial charge in [0.05, 0.1) is 29.1 Å². The molecule has 0 saturated heterocycles. The number of aromatic nitrogens is 2. The molecule has 1 N–H and O–H groups in total. The van der Waals surface area contributed by atoms with E-state index in [0.717, 1.165) is 5.56 Å². The number of fused-ring (bicyclic) bond motifs is 1. The Bertz CT molecular complexity index is 1500. The summed E-state index contributed by atoms with van der Waals surface area (Å²) >= 11 is 6.13. The van der Waals surface area contributed by atoms with Crippen molar-refractivity contribution in [3.8, 4) is 28.3 Å². The van der Waals surface area contributed by atoms with Gasteiger partial charge in [-0.2, -0.15) is 0 Å². The van der Waals surface area contributed by atoms with E-state index in [1.54, 1.807) is 55.6 Å². The predicted molar refractivity (Wildman–Crippen MR) is 132 cm³/mol. The highest BCUT2D eigenvalue weighted by molar-refractivity contribution is 6.54. The molecule has 5 rings (SSSR count). The summed E-state index contributed by atoms with van der Waals surface area (Å²) in [5.74, 6) is 0.359. The minimum Gasteiger partial charge on any atom is -0.497 e. The van der Waals surface area contributed by atoms with E-state index in [0.29, 0.717) is 39.0 Å². The van der Waals surface area contributed by atoms with E-state index < -0.39 is 10.8 Å². The molecule has 0 aliphatic carbocycles. The van der Waals surface area contributed by atoms with Crippen molar-refractivity contribution in [3.63, 3.8) is 0 Å². The summed E-state index contributed by atoms with van der Waals surface area (Å²) in [6.07, 6.45) is 0. The van der Waals surface area contributed by atoms with Crippen molar-refractivity contribution < 1.29 is 14.5 Å². The van der Waals surface area contributed by atoms with Gasteiger partial charge in [-0.1, -0.05) is 11.6 Å². The van der Waals surface area contributed by atoms with E-state index in [4.69, 9.17) is 16.3 Å². The average molecular weight is 486 g/mol. The number of hydrogen-bond acceptors (Lipinski definition) is 7. The maximum Gasteiger partial charge on any atom is 0.275 e. The fourth-order valence-corrected chi connectivity index (χ4v) is 3.80. The molecule has 0 saturated carbocycles. The molecule has 0 radical (unpaired) electrons. The van der Waals surface area contributed by atoms with Crippen LogP contribution >= 0.6 is 11.6 Å². The van der Waals surface area contributed by atoms with Crippen LogP contribution < -0.4 is 10.1 Å². The Morgan fingerprint density at radius 2 is 1.57 bits per heavy atom. The lowest BCUT2D eigenvalue weighted by Crippen LogP contribution is -2.14. The summed E-state index contributed by atoms with van der Waals surface area (Å²) in [5.41, 5.74) is 3.72.